The summed E-state index contributed by atoms with van der Waals surface area (Å²) in [5.41, 5.74) is 0.651. The van der Waals surface area contributed by atoms with Gasteiger partial charge in [-0.25, -0.2) is 17.9 Å². The second kappa shape index (κ2) is 6.15. The first-order chi connectivity index (χ1) is 9.56. The van der Waals surface area contributed by atoms with Crippen molar-refractivity contribution < 1.29 is 18.3 Å². The van der Waals surface area contributed by atoms with E-state index in [9.17, 15) is 13.2 Å². The molecule has 1 aromatic carbocycles. The molecule has 0 bridgehead atoms. The van der Waals surface area contributed by atoms with Gasteiger partial charge in [0.05, 0.1) is 10.5 Å². The van der Waals surface area contributed by atoms with Crippen molar-refractivity contribution in [1.29, 1.82) is 0 Å². The molecule has 0 aliphatic rings. The Balaban J connectivity index is 3.41. The maximum absolute atomic E-state index is 12.6. The second-order valence-electron chi connectivity index (χ2n) is 5.59. The summed E-state index contributed by atoms with van der Waals surface area (Å²) in [6, 6.07) is 2.70. The summed E-state index contributed by atoms with van der Waals surface area (Å²) < 4.78 is 27.9. The van der Waals surface area contributed by atoms with Crippen LogP contribution in [0.25, 0.3) is 0 Å². The summed E-state index contributed by atoms with van der Waals surface area (Å²) in [5.74, 6) is -1.14. The molecule has 0 spiro atoms. The Morgan fingerprint density at radius 2 is 1.76 bits per heavy atom. The van der Waals surface area contributed by atoms with Gasteiger partial charge in [-0.3, -0.25) is 0 Å². The third kappa shape index (κ3) is 3.83. The minimum atomic E-state index is -3.76. The maximum atomic E-state index is 12.6. The van der Waals surface area contributed by atoms with Crippen molar-refractivity contribution in [3.05, 3.63) is 28.8 Å². The monoisotopic (exact) mass is 313 g/mol. The summed E-state index contributed by atoms with van der Waals surface area (Å²) >= 11 is 0. The summed E-state index contributed by atoms with van der Waals surface area (Å²) in [5, 5.41) is 9.10. The summed E-state index contributed by atoms with van der Waals surface area (Å²) in [7, 11) is -3.76. The Labute approximate surface area is 126 Å². The number of carbonyl (C=O) groups is 1. The Kier molecular flexibility index (Phi) is 5.17. The summed E-state index contributed by atoms with van der Waals surface area (Å²) in [6.45, 7) is 9.06. The van der Waals surface area contributed by atoms with E-state index >= 15 is 0 Å². The highest BCUT2D eigenvalue weighted by Gasteiger charge is 2.29. The lowest BCUT2D eigenvalue weighted by molar-refractivity contribution is 0.0696. The van der Waals surface area contributed by atoms with Crippen molar-refractivity contribution in [3.63, 3.8) is 0 Å². The largest absolute Gasteiger partial charge is 0.478 e. The fraction of sp³-hybridized carbons (Fsp3) is 0.533. The van der Waals surface area contributed by atoms with Crippen LogP contribution < -0.4 is 4.72 Å². The number of hydrogen-bond donors (Lipinski definition) is 2. The highest BCUT2D eigenvalue weighted by Crippen LogP contribution is 2.24. The molecule has 21 heavy (non-hydrogen) atoms. The summed E-state index contributed by atoms with van der Waals surface area (Å²) in [6.07, 6.45) is 1.30. The van der Waals surface area contributed by atoms with Crippen LogP contribution in [0.3, 0.4) is 0 Å². The molecule has 0 aromatic heterocycles. The predicted molar refractivity (Wildman–Crippen MR) is 82.2 cm³/mol. The van der Waals surface area contributed by atoms with Crippen LogP contribution in [0.15, 0.2) is 17.0 Å². The number of rotatable bonds is 6. The van der Waals surface area contributed by atoms with Gasteiger partial charge in [-0.05, 0) is 56.9 Å². The molecule has 1 rings (SSSR count). The van der Waals surface area contributed by atoms with Crippen molar-refractivity contribution in [1.82, 2.24) is 4.72 Å². The van der Waals surface area contributed by atoms with Gasteiger partial charge in [0, 0.05) is 5.54 Å². The molecule has 0 aliphatic heterocycles. The molecule has 0 unspecified atom stereocenters. The van der Waals surface area contributed by atoms with Crippen molar-refractivity contribution >= 4 is 16.0 Å². The van der Waals surface area contributed by atoms with Crippen molar-refractivity contribution in [2.24, 2.45) is 0 Å². The van der Waals surface area contributed by atoms with Gasteiger partial charge in [-0.1, -0.05) is 13.8 Å². The van der Waals surface area contributed by atoms with E-state index in [0.29, 0.717) is 24.0 Å². The summed E-state index contributed by atoms with van der Waals surface area (Å²) in [4.78, 5) is 11.2. The standard InChI is InChI=1S/C15H23NO4S/c1-6-15(5,7-2)16-21(19,20)13-9-12(14(17)18)8-10(3)11(13)4/h8-9,16H,6-7H2,1-5H3,(H,17,18). The van der Waals surface area contributed by atoms with Gasteiger partial charge in [-0.15, -0.1) is 0 Å². The first kappa shape index (κ1) is 17.7. The van der Waals surface area contributed by atoms with Crippen LogP contribution in [0.5, 0.6) is 0 Å². The molecule has 1 aromatic rings. The number of carboxylic acid groups (broad SMARTS) is 1. The number of aromatic carboxylic acids is 1. The average molecular weight is 313 g/mol. The third-order valence-electron chi connectivity index (χ3n) is 4.10. The molecule has 0 amide bonds. The Bertz CT molecular complexity index is 646. The molecular formula is C15H23NO4S. The quantitative estimate of drug-likeness (QED) is 0.846. The number of sulfonamides is 1. The highest BCUT2D eigenvalue weighted by atomic mass is 32.2. The number of benzene rings is 1. The number of aryl methyl sites for hydroxylation is 1. The smallest absolute Gasteiger partial charge is 0.335 e. The van der Waals surface area contributed by atoms with Gasteiger partial charge in [0.25, 0.3) is 0 Å². The molecule has 0 aliphatic carbocycles. The second-order valence-corrected chi connectivity index (χ2v) is 7.25. The molecule has 0 saturated carbocycles. The van der Waals surface area contributed by atoms with Crippen LogP contribution in [0.4, 0.5) is 0 Å². The fourth-order valence-corrected chi connectivity index (χ4v) is 3.90. The predicted octanol–water partition coefficient (Wildman–Crippen LogP) is 2.86. The van der Waals surface area contributed by atoms with Gasteiger partial charge in [0.1, 0.15) is 0 Å². The maximum Gasteiger partial charge on any atom is 0.335 e. The van der Waals surface area contributed by atoms with Crippen molar-refractivity contribution in [2.75, 3.05) is 0 Å². The molecular weight excluding hydrogens is 290 g/mol. The lowest BCUT2D eigenvalue weighted by atomic mass is 9.98. The molecule has 0 fully saturated rings. The third-order valence-corrected chi connectivity index (χ3v) is 5.86. The molecule has 0 radical (unpaired) electrons. The lowest BCUT2D eigenvalue weighted by Gasteiger charge is -2.28. The van der Waals surface area contributed by atoms with E-state index in [1.165, 1.54) is 12.1 Å². The SMILES string of the molecule is CCC(C)(CC)NS(=O)(=O)c1cc(C(=O)O)cc(C)c1C. The van der Waals surface area contributed by atoms with Crippen molar-refractivity contribution in [3.8, 4) is 0 Å². The highest BCUT2D eigenvalue weighted by molar-refractivity contribution is 7.89. The van der Waals surface area contributed by atoms with E-state index in [-0.39, 0.29) is 10.5 Å². The van der Waals surface area contributed by atoms with E-state index in [1.807, 2.05) is 20.8 Å². The Morgan fingerprint density at radius 1 is 1.24 bits per heavy atom. The normalized spacial score (nSPS) is 12.4. The lowest BCUT2D eigenvalue weighted by Crippen LogP contribution is -2.45. The van der Waals surface area contributed by atoms with E-state index in [0.717, 1.165) is 0 Å². The Hall–Kier alpha value is -1.40. The van der Waals surface area contributed by atoms with Crippen LogP contribution in [0.1, 0.15) is 55.1 Å². The topological polar surface area (TPSA) is 83.5 Å². The van der Waals surface area contributed by atoms with Crippen LogP contribution in [0.2, 0.25) is 0 Å². The first-order valence-corrected chi connectivity index (χ1v) is 8.43. The number of hydrogen-bond acceptors (Lipinski definition) is 3. The molecule has 0 saturated heterocycles. The van der Waals surface area contributed by atoms with Gasteiger partial charge in [0.15, 0.2) is 0 Å². The zero-order chi connectivity index (χ0) is 16.4. The molecule has 2 N–H and O–H groups in total. The van der Waals surface area contributed by atoms with E-state index in [2.05, 4.69) is 4.72 Å². The molecule has 0 atom stereocenters. The van der Waals surface area contributed by atoms with E-state index in [4.69, 9.17) is 5.11 Å². The minimum absolute atomic E-state index is 0.0202. The van der Waals surface area contributed by atoms with Crippen molar-refractivity contribution in [2.45, 2.75) is 57.9 Å². The van der Waals surface area contributed by atoms with Gasteiger partial charge in [-0.2, -0.15) is 0 Å². The number of carboxylic acids is 1. The minimum Gasteiger partial charge on any atom is -0.478 e. The fourth-order valence-electron chi connectivity index (χ4n) is 2.00. The average Bonchev–Trinajstić information content (AvgIpc) is 2.40. The van der Waals surface area contributed by atoms with Gasteiger partial charge >= 0.3 is 5.97 Å². The van der Waals surface area contributed by atoms with E-state index < -0.39 is 21.5 Å². The van der Waals surface area contributed by atoms with Crippen LogP contribution in [-0.4, -0.2) is 25.0 Å². The van der Waals surface area contributed by atoms with Gasteiger partial charge < -0.3 is 5.11 Å². The molecule has 5 nitrogen and oxygen atoms in total. The molecule has 0 heterocycles. The zero-order valence-corrected chi connectivity index (χ0v) is 14.0. The molecule has 118 valence electrons. The van der Waals surface area contributed by atoms with E-state index in [1.54, 1.807) is 13.8 Å². The first-order valence-electron chi connectivity index (χ1n) is 6.95. The molecule has 6 heteroatoms. The van der Waals surface area contributed by atoms with Crippen LogP contribution in [-0.2, 0) is 10.0 Å². The van der Waals surface area contributed by atoms with Gasteiger partial charge in [0.2, 0.25) is 10.0 Å². The zero-order valence-electron chi connectivity index (χ0n) is 13.1. The van der Waals surface area contributed by atoms with Crippen LogP contribution in [0, 0.1) is 13.8 Å². The van der Waals surface area contributed by atoms with Crippen LogP contribution >= 0.6 is 0 Å². The number of nitrogens with one attached hydrogen (secondary N) is 1. The Morgan fingerprint density at radius 3 is 2.19 bits per heavy atom.